The second kappa shape index (κ2) is 8.19. The fourth-order valence-corrected chi connectivity index (χ4v) is 3.74. The molecule has 2 fully saturated rings. The molecule has 2 bridgehead atoms. The molecule has 6 nitrogen and oxygen atoms in total. The molecule has 2 saturated heterocycles. The van der Waals surface area contributed by atoms with Gasteiger partial charge in [-0.25, -0.2) is 0 Å². The van der Waals surface area contributed by atoms with E-state index < -0.39 is 0 Å². The largest absolute Gasteiger partial charge is 0.355 e. The first-order valence-electron chi connectivity index (χ1n) is 9.28. The number of carbonyl (C=O) groups excluding carboxylic acids is 1. The van der Waals surface area contributed by atoms with Gasteiger partial charge in [0.2, 0.25) is 5.91 Å². The zero-order chi connectivity index (χ0) is 17.7. The Kier molecular flexibility index (Phi) is 6.49. The van der Waals surface area contributed by atoms with Crippen molar-refractivity contribution >= 4 is 11.9 Å². The molecular weight excluding hydrogens is 302 g/mol. The van der Waals surface area contributed by atoms with Crippen molar-refractivity contribution in [3.05, 3.63) is 0 Å². The van der Waals surface area contributed by atoms with E-state index >= 15 is 0 Å². The maximum absolute atomic E-state index is 11.8. The lowest BCUT2D eigenvalue weighted by molar-refractivity contribution is -0.128. The lowest BCUT2D eigenvalue weighted by Gasteiger charge is -2.47. The fraction of sp³-hybridized carbons (Fsp3) is 0.889. The van der Waals surface area contributed by atoms with Gasteiger partial charge in [-0.05, 0) is 32.7 Å². The number of nitrogens with one attached hydrogen (secondary N) is 3. The Morgan fingerprint density at radius 1 is 1.12 bits per heavy atom. The van der Waals surface area contributed by atoms with Crippen LogP contribution in [0, 0.1) is 5.41 Å². The first-order chi connectivity index (χ1) is 11.3. The van der Waals surface area contributed by atoms with E-state index in [0.717, 1.165) is 5.96 Å². The van der Waals surface area contributed by atoms with Crippen LogP contribution in [0.5, 0.6) is 0 Å². The zero-order valence-corrected chi connectivity index (χ0v) is 16.0. The van der Waals surface area contributed by atoms with Crippen LogP contribution < -0.4 is 16.0 Å². The molecule has 2 rings (SSSR count). The van der Waals surface area contributed by atoms with Crippen molar-refractivity contribution in [2.45, 2.75) is 71.0 Å². The topological polar surface area (TPSA) is 68.8 Å². The second-order valence-electron chi connectivity index (χ2n) is 8.22. The van der Waals surface area contributed by atoms with Gasteiger partial charge >= 0.3 is 0 Å². The van der Waals surface area contributed by atoms with E-state index in [9.17, 15) is 4.79 Å². The van der Waals surface area contributed by atoms with Crippen molar-refractivity contribution in [2.24, 2.45) is 10.4 Å². The number of rotatable bonds is 4. The maximum Gasteiger partial charge on any atom is 0.225 e. The molecule has 0 saturated carbocycles. The summed E-state index contributed by atoms with van der Waals surface area (Å²) in [5.41, 5.74) is -0.341. The van der Waals surface area contributed by atoms with Crippen molar-refractivity contribution < 1.29 is 4.79 Å². The van der Waals surface area contributed by atoms with E-state index in [1.165, 1.54) is 32.1 Å². The van der Waals surface area contributed by atoms with Gasteiger partial charge in [0.05, 0.1) is 0 Å². The summed E-state index contributed by atoms with van der Waals surface area (Å²) in [6.07, 6.45) is 6.38. The van der Waals surface area contributed by atoms with Crippen LogP contribution in [0.4, 0.5) is 0 Å². The number of fused-ring (bicyclic) bond motifs is 2. The second-order valence-corrected chi connectivity index (χ2v) is 8.22. The molecule has 2 aliphatic heterocycles. The number of piperidine rings is 2. The van der Waals surface area contributed by atoms with Crippen LogP contribution in [0.1, 0.15) is 52.9 Å². The average Bonchev–Trinajstić information content (AvgIpc) is 2.49. The highest BCUT2D eigenvalue weighted by molar-refractivity contribution is 5.82. The molecule has 138 valence electrons. The molecule has 2 aliphatic rings. The number of amides is 1. The van der Waals surface area contributed by atoms with E-state index in [-0.39, 0.29) is 11.3 Å². The summed E-state index contributed by atoms with van der Waals surface area (Å²) in [7, 11) is 4.08. The Labute approximate surface area is 146 Å². The van der Waals surface area contributed by atoms with Crippen LogP contribution in [0.2, 0.25) is 0 Å². The average molecular weight is 338 g/mol. The van der Waals surface area contributed by atoms with Gasteiger partial charge in [0.1, 0.15) is 0 Å². The molecule has 2 atom stereocenters. The summed E-state index contributed by atoms with van der Waals surface area (Å²) in [6, 6.07) is 1.91. The van der Waals surface area contributed by atoms with Crippen LogP contribution in [0.3, 0.4) is 0 Å². The summed E-state index contributed by atoms with van der Waals surface area (Å²) >= 11 is 0. The quantitative estimate of drug-likeness (QED) is 0.411. The van der Waals surface area contributed by atoms with Crippen LogP contribution in [-0.2, 0) is 4.79 Å². The molecule has 3 N–H and O–H groups in total. The number of guanidine groups is 1. The van der Waals surface area contributed by atoms with Crippen molar-refractivity contribution in [3.8, 4) is 0 Å². The highest BCUT2D eigenvalue weighted by atomic mass is 16.2. The molecule has 6 heteroatoms. The molecule has 0 aliphatic carbocycles. The molecule has 2 unspecified atom stereocenters. The minimum atomic E-state index is -0.341. The van der Waals surface area contributed by atoms with Gasteiger partial charge in [-0.3, -0.25) is 9.79 Å². The van der Waals surface area contributed by atoms with E-state index in [1.54, 1.807) is 7.05 Å². The first-order valence-corrected chi connectivity index (χ1v) is 9.28. The minimum Gasteiger partial charge on any atom is -0.355 e. The highest BCUT2D eigenvalue weighted by Gasteiger charge is 2.36. The van der Waals surface area contributed by atoms with Crippen molar-refractivity contribution in [1.29, 1.82) is 0 Å². The molecule has 2 heterocycles. The third-order valence-electron chi connectivity index (χ3n) is 5.29. The third-order valence-corrected chi connectivity index (χ3v) is 5.29. The van der Waals surface area contributed by atoms with Gasteiger partial charge in [-0.15, -0.1) is 0 Å². The monoisotopic (exact) mass is 337 g/mol. The molecule has 0 aromatic heterocycles. The summed E-state index contributed by atoms with van der Waals surface area (Å²) < 4.78 is 0. The van der Waals surface area contributed by atoms with Crippen LogP contribution >= 0.6 is 0 Å². The number of hydrogen-bond acceptors (Lipinski definition) is 3. The Morgan fingerprint density at radius 2 is 1.71 bits per heavy atom. The lowest BCUT2D eigenvalue weighted by Crippen LogP contribution is -2.57. The molecule has 0 aromatic carbocycles. The number of hydrogen-bond donors (Lipinski definition) is 3. The molecule has 24 heavy (non-hydrogen) atoms. The van der Waals surface area contributed by atoms with E-state index in [1.807, 2.05) is 20.8 Å². The van der Waals surface area contributed by atoms with Crippen molar-refractivity contribution in [2.75, 3.05) is 27.2 Å². The number of carbonyl (C=O) groups is 1. The smallest absolute Gasteiger partial charge is 0.225 e. The summed E-state index contributed by atoms with van der Waals surface area (Å²) in [5, 5.41) is 9.84. The first kappa shape index (κ1) is 19.0. The SMILES string of the molecule is CN=C(NCCNC(=O)C(C)(C)C)NC1CC2CCCC(C1)N2C. The van der Waals surface area contributed by atoms with E-state index in [2.05, 4.69) is 32.9 Å². The molecular formula is C18H35N5O. The Morgan fingerprint density at radius 3 is 2.25 bits per heavy atom. The predicted octanol–water partition coefficient (Wildman–Crippen LogP) is 1.33. The predicted molar refractivity (Wildman–Crippen MR) is 99.2 cm³/mol. The van der Waals surface area contributed by atoms with Crippen LogP contribution in [-0.4, -0.2) is 62.1 Å². The minimum absolute atomic E-state index is 0.0791. The fourth-order valence-electron chi connectivity index (χ4n) is 3.74. The van der Waals surface area contributed by atoms with Gasteiger partial charge in [-0.1, -0.05) is 27.2 Å². The summed E-state index contributed by atoms with van der Waals surface area (Å²) in [6.45, 7) is 7.06. The third kappa shape index (κ3) is 5.10. The van der Waals surface area contributed by atoms with Gasteiger partial charge in [0.25, 0.3) is 0 Å². The maximum atomic E-state index is 11.8. The Bertz CT molecular complexity index is 443. The Balaban J connectivity index is 1.72. The molecule has 1 amide bonds. The van der Waals surface area contributed by atoms with E-state index in [0.29, 0.717) is 31.2 Å². The van der Waals surface area contributed by atoms with Crippen LogP contribution in [0.25, 0.3) is 0 Å². The number of nitrogens with zero attached hydrogens (tertiary/aromatic N) is 2. The lowest BCUT2D eigenvalue weighted by atomic mass is 9.82. The molecule has 0 aromatic rings. The molecule has 0 radical (unpaired) electrons. The normalized spacial score (nSPS) is 28.4. The number of aliphatic imine (C=N–C) groups is 1. The van der Waals surface area contributed by atoms with E-state index in [4.69, 9.17) is 0 Å². The van der Waals surface area contributed by atoms with Gasteiger partial charge in [-0.2, -0.15) is 0 Å². The van der Waals surface area contributed by atoms with Gasteiger partial charge in [0.15, 0.2) is 5.96 Å². The van der Waals surface area contributed by atoms with Crippen LogP contribution in [0.15, 0.2) is 4.99 Å². The summed E-state index contributed by atoms with van der Waals surface area (Å²) in [5.74, 6) is 0.919. The van der Waals surface area contributed by atoms with Gasteiger partial charge < -0.3 is 20.9 Å². The molecule has 0 spiro atoms. The highest BCUT2D eigenvalue weighted by Crippen LogP contribution is 2.32. The summed E-state index contributed by atoms with van der Waals surface area (Å²) in [4.78, 5) is 18.7. The Hall–Kier alpha value is -1.30. The van der Waals surface area contributed by atoms with Gasteiger partial charge in [0, 0.05) is 43.7 Å². The van der Waals surface area contributed by atoms with Crippen molar-refractivity contribution in [3.63, 3.8) is 0 Å². The standard InChI is InChI=1S/C18H35N5O/c1-18(2,3)16(24)20-9-10-21-17(19-4)22-13-11-14-7-6-8-15(12-13)23(14)5/h13-15H,6-12H2,1-5H3,(H,20,24)(H2,19,21,22). The van der Waals surface area contributed by atoms with Crippen molar-refractivity contribution in [1.82, 2.24) is 20.9 Å². The zero-order valence-electron chi connectivity index (χ0n) is 16.0.